The number of amides is 1. The average Bonchev–Trinajstić information content (AvgIpc) is 3.29. The number of ether oxygens (including phenoxy) is 1. The SMILES string of the molecule is CCCCCCCCCCCCCCCCCC(O)C(CO)NC(=O)CCCCCCCCC/C=C\CCCCCCCCCCCCOC(=O)CCCCCCCCCCCCC. The van der Waals surface area contributed by atoms with Crippen LogP contribution in [-0.4, -0.2) is 47.4 Å². The summed E-state index contributed by atoms with van der Waals surface area (Å²) in [5, 5.41) is 23.3. The second kappa shape index (κ2) is 54.2. The summed E-state index contributed by atoms with van der Waals surface area (Å²) < 4.78 is 5.46. The first-order valence-corrected chi connectivity index (χ1v) is 28.9. The van der Waals surface area contributed by atoms with E-state index >= 15 is 0 Å². The molecule has 0 spiro atoms. The molecule has 0 radical (unpaired) electrons. The molecule has 0 aliphatic rings. The van der Waals surface area contributed by atoms with Crippen molar-refractivity contribution in [3.8, 4) is 0 Å². The molecule has 0 saturated carbocycles. The molecule has 1 amide bonds. The molecule has 0 aromatic heterocycles. The van der Waals surface area contributed by atoms with Crippen LogP contribution in [0.5, 0.6) is 0 Å². The zero-order chi connectivity index (χ0) is 46.5. The number of allylic oxidation sites excluding steroid dienone is 2. The van der Waals surface area contributed by atoms with E-state index in [4.69, 9.17) is 4.74 Å². The van der Waals surface area contributed by atoms with Gasteiger partial charge in [0.25, 0.3) is 0 Å². The fraction of sp³-hybridized carbons (Fsp3) is 0.931. The lowest BCUT2D eigenvalue weighted by atomic mass is 10.0. The Labute approximate surface area is 399 Å². The van der Waals surface area contributed by atoms with E-state index in [-0.39, 0.29) is 18.5 Å². The molecule has 64 heavy (non-hydrogen) atoms. The van der Waals surface area contributed by atoms with E-state index in [0.717, 1.165) is 38.5 Å². The molecule has 6 nitrogen and oxygen atoms in total. The maximum Gasteiger partial charge on any atom is 0.305 e. The van der Waals surface area contributed by atoms with Crippen LogP contribution in [0.3, 0.4) is 0 Å². The van der Waals surface area contributed by atoms with Gasteiger partial charge in [-0.2, -0.15) is 0 Å². The Bertz CT molecular complexity index is 955. The number of aliphatic hydroxyl groups is 2. The Morgan fingerprint density at radius 3 is 1.11 bits per heavy atom. The highest BCUT2D eigenvalue weighted by atomic mass is 16.5. The maximum absolute atomic E-state index is 12.5. The summed E-state index contributed by atoms with van der Waals surface area (Å²) in [7, 11) is 0. The van der Waals surface area contributed by atoms with E-state index in [1.54, 1.807) is 0 Å². The predicted molar refractivity (Wildman–Crippen MR) is 278 cm³/mol. The van der Waals surface area contributed by atoms with Gasteiger partial charge in [0.05, 0.1) is 25.4 Å². The number of hydrogen-bond donors (Lipinski definition) is 3. The minimum Gasteiger partial charge on any atom is -0.466 e. The molecule has 0 heterocycles. The van der Waals surface area contributed by atoms with Crippen molar-refractivity contribution >= 4 is 11.9 Å². The maximum atomic E-state index is 12.5. The number of hydrogen-bond acceptors (Lipinski definition) is 5. The largest absolute Gasteiger partial charge is 0.466 e. The van der Waals surface area contributed by atoms with Gasteiger partial charge in [-0.3, -0.25) is 9.59 Å². The first-order chi connectivity index (χ1) is 31.5. The van der Waals surface area contributed by atoms with Crippen molar-refractivity contribution in [1.82, 2.24) is 5.32 Å². The van der Waals surface area contributed by atoms with Gasteiger partial charge in [0.15, 0.2) is 0 Å². The Kier molecular flexibility index (Phi) is 53.0. The van der Waals surface area contributed by atoms with Crippen LogP contribution >= 0.6 is 0 Å². The van der Waals surface area contributed by atoms with Gasteiger partial charge >= 0.3 is 5.97 Å². The molecular weight excluding hydrogens is 791 g/mol. The van der Waals surface area contributed by atoms with Gasteiger partial charge in [-0.25, -0.2) is 0 Å². The second-order valence-corrected chi connectivity index (χ2v) is 20.0. The molecule has 0 rings (SSSR count). The molecule has 3 N–H and O–H groups in total. The minimum absolute atomic E-state index is 0.00832. The molecule has 0 aliphatic carbocycles. The van der Waals surface area contributed by atoms with Crippen LogP contribution in [-0.2, 0) is 14.3 Å². The summed E-state index contributed by atoms with van der Waals surface area (Å²) >= 11 is 0. The Morgan fingerprint density at radius 1 is 0.422 bits per heavy atom. The third-order valence-corrected chi connectivity index (χ3v) is 13.6. The van der Waals surface area contributed by atoms with Crippen molar-refractivity contribution in [2.45, 2.75) is 334 Å². The van der Waals surface area contributed by atoms with Crippen LogP contribution in [0.1, 0.15) is 322 Å². The molecule has 2 atom stereocenters. The summed E-state index contributed by atoms with van der Waals surface area (Å²) in [6, 6.07) is -0.546. The number of unbranched alkanes of at least 4 members (excludes halogenated alkanes) is 41. The van der Waals surface area contributed by atoms with Crippen molar-refractivity contribution in [3.63, 3.8) is 0 Å². The predicted octanol–water partition coefficient (Wildman–Crippen LogP) is 17.7. The van der Waals surface area contributed by atoms with Gasteiger partial charge < -0.3 is 20.3 Å². The number of carbonyl (C=O) groups is 2. The highest BCUT2D eigenvalue weighted by Crippen LogP contribution is 2.17. The zero-order valence-electron chi connectivity index (χ0n) is 43.3. The molecule has 0 saturated heterocycles. The Morgan fingerprint density at radius 2 is 0.734 bits per heavy atom. The van der Waals surface area contributed by atoms with E-state index in [1.807, 2.05) is 0 Å². The molecule has 0 aliphatic heterocycles. The topological polar surface area (TPSA) is 95.9 Å². The molecule has 0 bridgehead atoms. The summed E-state index contributed by atoms with van der Waals surface area (Å²) in [4.78, 5) is 24.5. The Hall–Kier alpha value is -1.40. The lowest BCUT2D eigenvalue weighted by molar-refractivity contribution is -0.143. The smallest absolute Gasteiger partial charge is 0.305 e. The lowest BCUT2D eigenvalue weighted by Crippen LogP contribution is -2.45. The fourth-order valence-corrected chi connectivity index (χ4v) is 9.11. The second-order valence-electron chi connectivity index (χ2n) is 20.0. The fourth-order valence-electron chi connectivity index (χ4n) is 9.11. The van der Waals surface area contributed by atoms with Crippen molar-refractivity contribution in [2.75, 3.05) is 13.2 Å². The highest BCUT2D eigenvalue weighted by molar-refractivity contribution is 5.76. The number of carbonyl (C=O) groups excluding carboxylic acids is 2. The van der Waals surface area contributed by atoms with Crippen molar-refractivity contribution < 1.29 is 24.5 Å². The summed E-state index contributed by atoms with van der Waals surface area (Å²) in [6.45, 7) is 4.96. The van der Waals surface area contributed by atoms with E-state index < -0.39 is 12.1 Å². The first kappa shape index (κ1) is 62.6. The number of rotatable bonds is 54. The molecule has 0 aromatic rings. The third kappa shape index (κ3) is 50.0. The van der Waals surface area contributed by atoms with Crippen molar-refractivity contribution in [1.29, 1.82) is 0 Å². The normalized spacial score (nSPS) is 12.6. The molecule has 380 valence electrons. The number of nitrogens with one attached hydrogen (secondary N) is 1. The number of aliphatic hydroxyl groups excluding tert-OH is 2. The molecule has 2 unspecified atom stereocenters. The summed E-state index contributed by atoms with van der Waals surface area (Å²) in [5.74, 6) is -0.0325. The lowest BCUT2D eigenvalue weighted by Gasteiger charge is -2.22. The first-order valence-electron chi connectivity index (χ1n) is 28.9. The zero-order valence-corrected chi connectivity index (χ0v) is 43.3. The molecule has 6 heteroatoms. The van der Waals surface area contributed by atoms with Crippen LogP contribution in [0.15, 0.2) is 12.2 Å². The van der Waals surface area contributed by atoms with E-state index in [9.17, 15) is 19.8 Å². The Balaban J connectivity index is 3.42. The molecular formula is C58H113NO5. The monoisotopic (exact) mass is 904 g/mol. The van der Waals surface area contributed by atoms with Gasteiger partial charge in [0.1, 0.15) is 0 Å². The van der Waals surface area contributed by atoms with E-state index in [2.05, 4.69) is 31.3 Å². The van der Waals surface area contributed by atoms with Crippen LogP contribution in [0.25, 0.3) is 0 Å². The van der Waals surface area contributed by atoms with Crippen molar-refractivity contribution in [2.24, 2.45) is 0 Å². The quantitative estimate of drug-likeness (QED) is 0.0321. The van der Waals surface area contributed by atoms with E-state index in [0.29, 0.717) is 25.9 Å². The molecule has 0 fully saturated rings. The van der Waals surface area contributed by atoms with Crippen LogP contribution in [0, 0.1) is 0 Å². The summed E-state index contributed by atoms with van der Waals surface area (Å²) in [6.07, 6.45) is 63.4. The van der Waals surface area contributed by atoms with Gasteiger partial charge in [-0.1, -0.05) is 270 Å². The van der Waals surface area contributed by atoms with Gasteiger partial charge in [-0.05, 0) is 51.4 Å². The van der Waals surface area contributed by atoms with Gasteiger partial charge in [0, 0.05) is 12.8 Å². The third-order valence-electron chi connectivity index (χ3n) is 13.6. The highest BCUT2D eigenvalue weighted by Gasteiger charge is 2.20. The van der Waals surface area contributed by atoms with Gasteiger partial charge in [0.2, 0.25) is 5.91 Å². The standard InChI is InChI=1S/C58H113NO5/c1-3-5-7-9-11-13-15-16-24-27-31-34-38-42-46-50-56(61)55(54-60)59-57(62)51-47-43-39-35-32-28-25-22-20-18-17-19-21-23-26-29-33-37-41-45-49-53-64-58(63)52-48-44-40-36-30-14-12-10-8-6-4-2/h18,20,55-56,60-61H,3-17,19,21-54H2,1-2H3,(H,59,62)/b20-18-. The van der Waals surface area contributed by atoms with Crippen LogP contribution < -0.4 is 5.32 Å². The minimum atomic E-state index is -0.668. The van der Waals surface area contributed by atoms with Crippen LogP contribution in [0.2, 0.25) is 0 Å². The number of esters is 1. The van der Waals surface area contributed by atoms with Crippen LogP contribution in [0.4, 0.5) is 0 Å². The average molecular weight is 905 g/mol. The van der Waals surface area contributed by atoms with Crippen molar-refractivity contribution in [3.05, 3.63) is 12.2 Å². The summed E-state index contributed by atoms with van der Waals surface area (Å²) in [5.41, 5.74) is 0. The van der Waals surface area contributed by atoms with E-state index in [1.165, 1.54) is 250 Å². The molecule has 0 aromatic carbocycles. The van der Waals surface area contributed by atoms with Gasteiger partial charge in [-0.15, -0.1) is 0 Å².